The van der Waals surface area contributed by atoms with Crippen LogP contribution < -0.4 is 10.2 Å². The highest BCUT2D eigenvalue weighted by atomic mass is 32.2. The third-order valence-electron chi connectivity index (χ3n) is 3.91. The summed E-state index contributed by atoms with van der Waals surface area (Å²) >= 11 is 0. The topological polar surface area (TPSA) is 112 Å². The highest BCUT2D eigenvalue weighted by Gasteiger charge is 2.31. The Labute approximate surface area is 140 Å². The minimum Gasteiger partial charge on any atom is -0.354 e. The lowest BCUT2D eigenvalue weighted by atomic mass is 10.2. The molecule has 1 aromatic heterocycles. The Hall–Kier alpha value is -2.73. The number of hydrogen-bond acceptors (Lipinski definition) is 8. The first-order valence-electron chi connectivity index (χ1n) is 7.37. The van der Waals surface area contributed by atoms with E-state index in [1.165, 1.54) is 6.20 Å². The van der Waals surface area contributed by atoms with E-state index in [9.17, 15) is 8.42 Å². The molecule has 124 valence electrons. The molecule has 1 unspecified atom stereocenters. The summed E-state index contributed by atoms with van der Waals surface area (Å²) in [4.78, 5) is 6.19. The normalized spacial score (nSPS) is 18.8. The lowest BCUT2D eigenvalue weighted by Crippen LogP contribution is -2.33. The number of nitriles is 1. The van der Waals surface area contributed by atoms with Crippen molar-refractivity contribution in [3.8, 4) is 6.07 Å². The van der Waals surface area contributed by atoms with Gasteiger partial charge in [-0.2, -0.15) is 15.3 Å². The van der Waals surface area contributed by atoms with Crippen LogP contribution in [0.2, 0.25) is 0 Å². The smallest absolute Gasteiger partial charge is 0.249 e. The fourth-order valence-electron chi connectivity index (χ4n) is 2.58. The zero-order valence-corrected chi connectivity index (χ0v) is 13.9. The van der Waals surface area contributed by atoms with Gasteiger partial charge in [0.2, 0.25) is 5.95 Å². The van der Waals surface area contributed by atoms with Gasteiger partial charge in [0.25, 0.3) is 0 Å². The molecular formula is C15H16N6O2S. The second-order valence-electron chi connectivity index (χ2n) is 5.62. The van der Waals surface area contributed by atoms with Crippen LogP contribution in [0.4, 0.5) is 17.5 Å². The molecule has 9 heteroatoms. The van der Waals surface area contributed by atoms with Gasteiger partial charge >= 0.3 is 0 Å². The van der Waals surface area contributed by atoms with E-state index in [1.54, 1.807) is 31.3 Å². The van der Waals surface area contributed by atoms with Crippen LogP contribution in [0.3, 0.4) is 0 Å². The monoisotopic (exact) mass is 344 g/mol. The highest BCUT2D eigenvalue weighted by molar-refractivity contribution is 7.91. The first-order chi connectivity index (χ1) is 11.5. The van der Waals surface area contributed by atoms with Crippen LogP contribution in [0.5, 0.6) is 0 Å². The Morgan fingerprint density at radius 1 is 1.42 bits per heavy atom. The number of hydrogen-bond donors (Lipinski definition) is 1. The highest BCUT2D eigenvalue weighted by Crippen LogP contribution is 2.22. The predicted molar refractivity (Wildman–Crippen MR) is 89.7 cm³/mol. The molecule has 1 aliphatic heterocycles. The number of anilines is 3. The van der Waals surface area contributed by atoms with Crippen molar-refractivity contribution in [1.82, 2.24) is 15.2 Å². The van der Waals surface area contributed by atoms with Crippen molar-refractivity contribution in [3.05, 3.63) is 36.0 Å². The van der Waals surface area contributed by atoms with Crippen LogP contribution >= 0.6 is 0 Å². The summed E-state index contributed by atoms with van der Waals surface area (Å²) in [5.41, 5.74) is 1.21. The van der Waals surface area contributed by atoms with Crippen molar-refractivity contribution in [3.63, 3.8) is 0 Å². The molecule has 0 bridgehead atoms. The Balaban J connectivity index is 1.78. The summed E-state index contributed by atoms with van der Waals surface area (Å²) < 4.78 is 23.3. The second-order valence-corrected chi connectivity index (χ2v) is 7.85. The minimum absolute atomic E-state index is 0.110. The average Bonchev–Trinajstić information content (AvgIpc) is 2.94. The number of sulfone groups is 1. The van der Waals surface area contributed by atoms with Crippen molar-refractivity contribution in [2.24, 2.45) is 0 Å². The van der Waals surface area contributed by atoms with Crippen molar-refractivity contribution >= 4 is 27.3 Å². The van der Waals surface area contributed by atoms with E-state index in [2.05, 4.69) is 26.6 Å². The molecule has 8 nitrogen and oxygen atoms in total. The average molecular weight is 344 g/mol. The van der Waals surface area contributed by atoms with Crippen molar-refractivity contribution < 1.29 is 8.42 Å². The number of rotatable bonds is 4. The predicted octanol–water partition coefficient (Wildman–Crippen LogP) is 1.11. The molecule has 1 aliphatic rings. The van der Waals surface area contributed by atoms with Gasteiger partial charge in [0.05, 0.1) is 29.3 Å². The zero-order chi connectivity index (χ0) is 17.2. The molecule has 0 spiro atoms. The summed E-state index contributed by atoms with van der Waals surface area (Å²) in [5, 5.41) is 19.8. The summed E-state index contributed by atoms with van der Waals surface area (Å²) in [7, 11) is -1.17. The van der Waals surface area contributed by atoms with Gasteiger partial charge in [0, 0.05) is 18.8 Å². The van der Waals surface area contributed by atoms with Gasteiger partial charge in [-0.15, -0.1) is 5.10 Å². The first kappa shape index (κ1) is 16.1. The van der Waals surface area contributed by atoms with Gasteiger partial charge in [-0.3, -0.25) is 0 Å². The molecule has 24 heavy (non-hydrogen) atoms. The molecule has 1 N–H and O–H groups in total. The molecule has 1 aromatic carbocycles. The number of aromatic nitrogens is 3. The maximum Gasteiger partial charge on any atom is 0.249 e. The summed E-state index contributed by atoms with van der Waals surface area (Å²) in [6.07, 6.45) is 2.08. The quantitative estimate of drug-likeness (QED) is 0.878. The third-order valence-corrected chi connectivity index (χ3v) is 5.66. The van der Waals surface area contributed by atoms with Crippen molar-refractivity contribution in [2.45, 2.75) is 12.5 Å². The van der Waals surface area contributed by atoms with Crippen LogP contribution in [0.15, 0.2) is 30.5 Å². The molecule has 1 fully saturated rings. The van der Waals surface area contributed by atoms with Gasteiger partial charge in [-0.1, -0.05) is 6.07 Å². The molecule has 0 radical (unpaired) electrons. The Bertz CT molecular complexity index is 893. The van der Waals surface area contributed by atoms with Crippen LogP contribution in [0.1, 0.15) is 12.0 Å². The fraction of sp³-hybridized carbons (Fsp3) is 0.333. The van der Waals surface area contributed by atoms with Crippen LogP contribution in [0, 0.1) is 11.3 Å². The van der Waals surface area contributed by atoms with Crippen molar-refractivity contribution in [1.29, 1.82) is 5.26 Å². The maximum absolute atomic E-state index is 11.6. The Morgan fingerprint density at radius 2 is 2.25 bits per heavy atom. The lowest BCUT2D eigenvalue weighted by Gasteiger charge is -2.24. The van der Waals surface area contributed by atoms with Gasteiger partial charge in [0.1, 0.15) is 0 Å². The summed E-state index contributed by atoms with van der Waals surface area (Å²) in [6, 6.07) is 8.90. The van der Waals surface area contributed by atoms with Crippen LogP contribution in [-0.2, 0) is 9.84 Å². The Kier molecular flexibility index (Phi) is 4.31. The summed E-state index contributed by atoms with van der Waals surface area (Å²) in [5.74, 6) is 1.16. The zero-order valence-electron chi connectivity index (χ0n) is 13.0. The lowest BCUT2D eigenvalue weighted by molar-refractivity contribution is 0.600. The molecule has 0 saturated carbocycles. The SMILES string of the molecule is CN(c1cnnc(Nc2cccc(C#N)c2)n1)C1CCS(=O)(=O)C1. The first-order valence-corrected chi connectivity index (χ1v) is 9.19. The van der Waals surface area contributed by atoms with E-state index in [-0.39, 0.29) is 23.5 Å². The third kappa shape index (κ3) is 3.60. The fourth-order valence-corrected chi connectivity index (χ4v) is 4.36. The van der Waals surface area contributed by atoms with E-state index >= 15 is 0 Å². The molecule has 2 aromatic rings. The van der Waals surface area contributed by atoms with E-state index in [0.717, 1.165) is 0 Å². The largest absolute Gasteiger partial charge is 0.354 e. The minimum atomic E-state index is -2.97. The van der Waals surface area contributed by atoms with Gasteiger partial charge in [-0.25, -0.2) is 8.42 Å². The van der Waals surface area contributed by atoms with Crippen LogP contribution in [-0.4, -0.2) is 48.2 Å². The molecular weight excluding hydrogens is 328 g/mol. The number of nitrogens with zero attached hydrogens (tertiary/aromatic N) is 5. The summed E-state index contributed by atoms with van der Waals surface area (Å²) in [6.45, 7) is 0. The molecule has 0 amide bonds. The van der Waals surface area contributed by atoms with Gasteiger partial charge in [-0.05, 0) is 24.6 Å². The number of nitrogens with one attached hydrogen (secondary N) is 1. The van der Waals surface area contributed by atoms with Crippen LogP contribution in [0.25, 0.3) is 0 Å². The van der Waals surface area contributed by atoms with E-state index in [1.807, 2.05) is 4.90 Å². The molecule has 3 rings (SSSR count). The van der Waals surface area contributed by atoms with Gasteiger partial charge < -0.3 is 10.2 Å². The van der Waals surface area contributed by atoms with Crippen molar-refractivity contribution in [2.75, 3.05) is 28.8 Å². The molecule has 2 heterocycles. The molecule has 1 saturated heterocycles. The molecule has 1 atom stereocenters. The number of benzene rings is 1. The van der Waals surface area contributed by atoms with E-state index in [4.69, 9.17) is 5.26 Å². The van der Waals surface area contributed by atoms with E-state index < -0.39 is 9.84 Å². The Morgan fingerprint density at radius 3 is 2.96 bits per heavy atom. The van der Waals surface area contributed by atoms with E-state index in [0.29, 0.717) is 23.5 Å². The molecule has 0 aliphatic carbocycles. The second kappa shape index (κ2) is 6.41. The standard InChI is InChI=1S/C15H16N6O2S/c1-21(13-5-6-24(22,23)10-13)14-9-17-20-15(19-14)18-12-4-2-3-11(7-12)8-16/h2-4,7,9,13H,5-6,10H2,1H3,(H,18,19,20). The van der Waals surface area contributed by atoms with Gasteiger partial charge in [0.15, 0.2) is 15.7 Å². The maximum atomic E-state index is 11.6.